The van der Waals surface area contributed by atoms with Crippen molar-refractivity contribution in [2.24, 2.45) is 0 Å². The first-order valence-electron chi connectivity index (χ1n) is 7.69. The van der Waals surface area contributed by atoms with E-state index in [1.165, 1.54) is 18.4 Å². The summed E-state index contributed by atoms with van der Waals surface area (Å²) >= 11 is 0. The Bertz CT molecular complexity index is 592. The van der Waals surface area contributed by atoms with Gasteiger partial charge in [0, 0.05) is 24.5 Å². The van der Waals surface area contributed by atoms with Crippen LogP contribution >= 0.6 is 0 Å². The first kappa shape index (κ1) is 14.2. The maximum absolute atomic E-state index is 4.51. The van der Waals surface area contributed by atoms with Gasteiger partial charge in [-0.1, -0.05) is 6.07 Å². The fourth-order valence-electron chi connectivity index (χ4n) is 3.31. The van der Waals surface area contributed by atoms with Crippen LogP contribution in [0.3, 0.4) is 0 Å². The molecule has 0 bridgehead atoms. The SMILES string of the molecule is Cc1nc(C)n(C[C@H]2CCCN2[C@H](C)c2cccnc2)n1. The molecule has 3 rings (SSSR count). The summed E-state index contributed by atoms with van der Waals surface area (Å²) in [6.07, 6.45) is 6.29. The summed E-state index contributed by atoms with van der Waals surface area (Å²) in [5.41, 5.74) is 1.29. The third-order valence-electron chi connectivity index (χ3n) is 4.43. The van der Waals surface area contributed by atoms with Crippen molar-refractivity contribution in [3.05, 3.63) is 41.7 Å². The van der Waals surface area contributed by atoms with E-state index in [2.05, 4.69) is 33.0 Å². The lowest BCUT2D eigenvalue weighted by Crippen LogP contribution is -2.35. The monoisotopic (exact) mass is 285 g/mol. The van der Waals surface area contributed by atoms with Gasteiger partial charge in [0.1, 0.15) is 11.6 Å². The largest absolute Gasteiger partial charge is 0.292 e. The van der Waals surface area contributed by atoms with Gasteiger partial charge in [-0.3, -0.25) is 9.88 Å². The van der Waals surface area contributed by atoms with Crippen LogP contribution in [0.2, 0.25) is 0 Å². The van der Waals surface area contributed by atoms with E-state index in [0.717, 1.165) is 24.7 Å². The lowest BCUT2D eigenvalue weighted by Gasteiger charge is -2.30. The summed E-state index contributed by atoms with van der Waals surface area (Å²) in [7, 11) is 0. The van der Waals surface area contributed by atoms with Crippen molar-refractivity contribution in [2.75, 3.05) is 6.54 Å². The molecular weight excluding hydrogens is 262 g/mol. The third-order valence-corrected chi connectivity index (χ3v) is 4.43. The summed E-state index contributed by atoms with van der Waals surface area (Å²) in [6.45, 7) is 8.33. The molecule has 0 unspecified atom stereocenters. The van der Waals surface area contributed by atoms with E-state index in [1.54, 1.807) is 0 Å². The van der Waals surface area contributed by atoms with Gasteiger partial charge in [-0.05, 0) is 51.8 Å². The van der Waals surface area contributed by atoms with Gasteiger partial charge in [0.15, 0.2) is 0 Å². The summed E-state index contributed by atoms with van der Waals surface area (Å²) in [4.78, 5) is 11.2. The molecule has 2 aromatic rings. The molecule has 112 valence electrons. The van der Waals surface area contributed by atoms with Crippen LogP contribution in [0.25, 0.3) is 0 Å². The second kappa shape index (κ2) is 5.93. The van der Waals surface area contributed by atoms with E-state index in [4.69, 9.17) is 0 Å². The molecule has 0 saturated carbocycles. The lowest BCUT2D eigenvalue weighted by molar-refractivity contribution is 0.172. The number of nitrogens with zero attached hydrogens (tertiary/aromatic N) is 5. The summed E-state index contributed by atoms with van der Waals surface area (Å²) < 4.78 is 2.05. The summed E-state index contributed by atoms with van der Waals surface area (Å²) in [6, 6.07) is 5.11. The Labute approximate surface area is 126 Å². The van der Waals surface area contributed by atoms with Crippen molar-refractivity contribution in [2.45, 2.75) is 52.2 Å². The van der Waals surface area contributed by atoms with Crippen molar-refractivity contribution in [1.29, 1.82) is 0 Å². The Morgan fingerprint density at radius 1 is 1.38 bits per heavy atom. The molecule has 2 aromatic heterocycles. The van der Waals surface area contributed by atoms with E-state index in [1.807, 2.05) is 37.0 Å². The predicted octanol–water partition coefficient (Wildman–Crippen LogP) is 2.52. The van der Waals surface area contributed by atoms with Crippen LogP contribution in [0.4, 0.5) is 0 Å². The van der Waals surface area contributed by atoms with Crippen molar-refractivity contribution >= 4 is 0 Å². The lowest BCUT2D eigenvalue weighted by atomic mass is 10.1. The van der Waals surface area contributed by atoms with Gasteiger partial charge in [-0.2, -0.15) is 5.10 Å². The zero-order chi connectivity index (χ0) is 14.8. The molecule has 0 spiro atoms. The second-order valence-electron chi connectivity index (χ2n) is 5.88. The highest BCUT2D eigenvalue weighted by Gasteiger charge is 2.30. The molecule has 1 aliphatic rings. The number of rotatable bonds is 4. The molecule has 5 heteroatoms. The van der Waals surface area contributed by atoms with Gasteiger partial charge < -0.3 is 0 Å². The first-order valence-corrected chi connectivity index (χ1v) is 7.69. The molecule has 1 aliphatic heterocycles. The Hall–Kier alpha value is -1.75. The van der Waals surface area contributed by atoms with Gasteiger partial charge in [-0.15, -0.1) is 0 Å². The van der Waals surface area contributed by atoms with Crippen molar-refractivity contribution in [1.82, 2.24) is 24.6 Å². The highest BCUT2D eigenvalue weighted by molar-refractivity contribution is 5.14. The summed E-state index contributed by atoms with van der Waals surface area (Å²) in [5.74, 6) is 1.87. The fourth-order valence-corrected chi connectivity index (χ4v) is 3.31. The Kier molecular flexibility index (Phi) is 4.01. The first-order chi connectivity index (χ1) is 10.1. The van der Waals surface area contributed by atoms with Crippen LogP contribution in [0.1, 0.15) is 43.0 Å². The van der Waals surface area contributed by atoms with Crippen LogP contribution in [0.5, 0.6) is 0 Å². The highest BCUT2D eigenvalue weighted by Crippen LogP contribution is 2.29. The molecule has 0 aliphatic carbocycles. The van der Waals surface area contributed by atoms with E-state index in [0.29, 0.717) is 12.1 Å². The van der Waals surface area contributed by atoms with Gasteiger partial charge >= 0.3 is 0 Å². The molecule has 0 radical (unpaired) electrons. The quantitative estimate of drug-likeness (QED) is 0.866. The minimum atomic E-state index is 0.399. The molecule has 3 heterocycles. The van der Waals surface area contributed by atoms with Crippen molar-refractivity contribution < 1.29 is 0 Å². The summed E-state index contributed by atoms with van der Waals surface area (Å²) in [5, 5.41) is 4.51. The average molecular weight is 285 g/mol. The van der Waals surface area contributed by atoms with Crippen molar-refractivity contribution in [3.63, 3.8) is 0 Å². The maximum Gasteiger partial charge on any atom is 0.147 e. The Balaban J connectivity index is 1.75. The number of aryl methyl sites for hydroxylation is 2. The average Bonchev–Trinajstić information content (AvgIpc) is 3.06. The van der Waals surface area contributed by atoms with Gasteiger partial charge in [0.05, 0.1) is 6.54 Å². The molecule has 2 atom stereocenters. The zero-order valence-electron chi connectivity index (χ0n) is 13.0. The maximum atomic E-state index is 4.51. The number of hydrogen-bond donors (Lipinski definition) is 0. The van der Waals surface area contributed by atoms with Crippen LogP contribution < -0.4 is 0 Å². The van der Waals surface area contributed by atoms with Gasteiger partial charge in [-0.25, -0.2) is 9.67 Å². The predicted molar refractivity (Wildman–Crippen MR) is 81.9 cm³/mol. The molecule has 21 heavy (non-hydrogen) atoms. The van der Waals surface area contributed by atoms with Crippen LogP contribution in [-0.4, -0.2) is 37.2 Å². The molecule has 1 fully saturated rings. The van der Waals surface area contributed by atoms with Gasteiger partial charge in [0.2, 0.25) is 0 Å². The molecule has 0 amide bonds. The number of hydrogen-bond acceptors (Lipinski definition) is 4. The van der Waals surface area contributed by atoms with E-state index >= 15 is 0 Å². The van der Waals surface area contributed by atoms with Gasteiger partial charge in [0.25, 0.3) is 0 Å². The normalized spacial score (nSPS) is 20.8. The zero-order valence-corrected chi connectivity index (χ0v) is 13.0. The topological polar surface area (TPSA) is 46.8 Å². The smallest absolute Gasteiger partial charge is 0.147 e. The number of aromatic nitrogens is 4. The molecule has 0 aromatic carbocycles. The fraction of sp³-hybridized carbons (Fsp3) is 0.562. The van der Waals surface area contributed by atoms with Crippen LogP contribution in [0.15, 0.2) is 24.5 Å². The van der Waals surface area contributed by atoms with E-state index in [9.17, 15) is 0 Å². The number of likely N-dealkylation sites (tertiary alicyclic amines) is 1. The minimum absolute atomic E-state index is 0.399. The Morgan fingerprint density at radius 2 is 2.24 bits per heavy atom. The van der Waals surface area contributed by atoms with E-state index in [-0.39, 0.29) is 0 Å². The molecule has 1 saturated heterocycles. The number of pyridine rings is 1. The third kappa shape index (κ3) is 2.97. The van der Waals surface area contributed by atoms with Crippen LogP contribution in [0, 0.1) is 13.8 Å². The molecule has 0 N–H and O–H groups in total. The Morgan fingerprint density at radius 3 is 2.90 bits per heavy atom. The molecular formula is C16H23N5. The molecule has 5 nitrogen and oxygen atoms in total. The minimum Gasteiger partial charge on any atom is -0.292 e. The standard InChI is InChI=1S/C16H23N5/c1-12(15-6-4-8-17-10-15)20-9-5-7-16(20)11-21-14(3)18-13(2)19-21/h4,6,8,10,12,16H,5,7,9,11H2,1-3H3/t12-,16-/m1/s1. The van der Waals surface area contributed by atoms with Crippen molar-refractivity contribution in [3.8, 4) is 0 Å². The van der Waals surface area contributed by atoms with E-state index < -0.39 is 0 Å². The second-order valence-corrected chi connectivity index (χ2v) is 5.88. The highest BCUT2D eigenvalue weighted by atomic mass is 15.4. The van der Waals surface area contributed by atoms with Crippen LogP contribution in [-0.2, 0) is 6.54 Å².